The van der Waals surface area contributed by atoms with Crippen molar-refractivity contribution in [1.82, 2.24) is 9.97 Å². The molecule has 0 aliphatic rings. The van der Waals surface area contributed by atoms with Crippen molar-refractivity contribution in [2.45, 2.75) is 0 Å². The van der Waals surface area contributed by atoms with E-state index in [0.717, 1.165) is 22.4 Å². The molecule has 3 heteroatoms. The highest BCUT2D eigenvalue weighted by Gasteiger charge is 2.02. The standard InChI is InChI=1S/C16H13N3/c17-15-8-6-13(7-9-15)16-18-10-14(11-19-16)12-4-2-1-3-5-12/h1-11H,17H2. The quantitative estimate of drug-likeness (QED) is 0.706. The number of aromatic nitrogens is 2. The normalized spacial score (nSPS) is 10.3. The van der Waals surface area contributed by atoms with Crippen LogP contribution in [0.4, 0.5) is 5.69 Å². The Morgan fingerprint density at radius 2 is 1.26 bits per heavy atom. The minimum Gasteiger partial charge on any atom is -0.399 e. The summed E-state index contributed by atoms with van der Waals surface area (Å²) in [6.45, 7) is 0. The van der Waals surface area contributed by atoms with Gasteiger partial charge < -0.3 is 5.73 Å². The predicted molar refractivity (Wildman–Crippen MR) is 77.3 cm³/mol. The molecular formula is C16H13N3. The number of nitrogens with zero attached hydrogens (tertiary/aromatic N) is 2. The van der Waals surface area contributed by atoms with E-state index in [1.54, 1.807) is 0 Å². The number of hydrogen-bond donors (Lipinski definition) is 1. The summed E-state index contributed by atoms with van der Waals surface area (Å²) in [5, 5.41) is 0. The van der Waals surface area contributed by atoms with Gasteiger partial charge in [0.2, 0.25) is 0 Å². The van der Waals surface area contributed by atoms with Gasteiger partial charge >= 0.3 is 0 Å². The lowest BCUT2D eigenvalue weighted by atomic mass is 10.1. The predicted octanol–water partition coefficient (Wildman–Crippen LogP) is 3.39. The van der Waals surface area contributed by atoms with Crippen LogP contribution in [-0.2, 0) is 0 Å². The fraction of sp³-hybridized carbons (Fsp3) is 0. The first kappa shape index (κ1) is 11.4. The molecule has 0 aliphatic heterocycles. The van der Waals surface area contributed by atoms with Gasteiger partial charge in [-0.25, -0.2) is 9.97 Å². The molecule has 1 aromatic heterocycles. The van der Waals surface area contributed by atoms with Crippen LogP contribution in [0.5, 0.6) is 0 Å². The largest absolute Gasteiger partial charge is 0.399 e. The van der Waals surface area contributed by atoms with Crippen LogP contribution in [0.1, 0.15) is 0 Å². The van der Waals surface area contributed by atoms with Crippen molar-refractivity contribution in [3.63, 3.8) is 0 Å². The maximum atomic E-state index is 5.66. The van der Waals surface area contributed by atoms with Crippen LogP contribution in [0.25, 0.3) is 22.5 Å². The van der Waals surface area contributed by atoms with E-state index >= 15 is 0 Å². The van der Waals surface area contributed by atoms with Gasteiger partial charge in [-0.05, 0) is 29.8 Å². The molecule has 0 amide bonds. The second-order valence-electron chi connectivity index (χ2n) is 4.28. The third-order valence-electron chi connectivity index (χ3n) is 2.93. The first-order valence-electron chi connectivity index (χ1n) is 6.06. The highest BCUT2D eigenvalue weighted by atomic mass is 14.9. The molecule has 19 heavy (non-hydrogen) atoms. The van der Waals surface area contributed by atoms with Crippen LogP contribution in [-0.4, -0.2) is 9.97 Å². The smallest absolute Gasteiger partial charge is 0.159 e. The molecule has 0 unspecified atom stereocenters. The van der Waals surface area contributed by atoms with Gasteiger partial charge in [0.1, 0.15) is 0 Å². The second kappa shape index (κ2) is 4.90. The Hall–Kier alpha value is -2.68. The lowest BCUT2D eigenvalue weighted by Gasteiger charge is -2.03. The van der Waals surface area contributed by atoms with E-state index < -0.39 is 0 Å². The second-order valence-corrected chi connectivity index (χ2v) is 4.28. The van der Waals surface area contributed by atoms with Crippen molar-refractivity contribution < 1.29 is 0 Å². The molecule has 2 aromatic carbocycles. The summed E-state index contributed by atoms with van der Waals surface area (Å²) in [6.07, 6.45) is 3.68. The monoisotopic (exact) mass is 247 g/mol. The maximum absolute atomic E-state index is 5.66. The fourth-order valence-electron chi connectivity index (χ4n) is 1.89. The summed E-state index contributed by atoms with van der Waals surface area (Å²) in [5.41, 5.74) is 9.50. The average molecular weight is 247 g/mol. The summed E-state index contributed by atoms with van der Waals surface area (Å²) in [4.78, 5) is 8.81. The molecule has 1 heterocycles. The van der Waals surface area contributed by atoms with Gasteiger partial charge in [0.15, 0.2) is 5.82 Å². The minimum atomic E-state index is 0.708. The van der Waals surface area contributed by atoms with Gasteiger partial charge in [-0.15, -0.1) is 0 Å². The molecule has 0 radical (unpaired) electrons. The SMILES string of the molecule is Nc1ccc(-c2ncc(-c3ccccc3)cn2)cc1. The lowest BCUT2D eigenvalue weighted by Crippen LogP contribution is -1.90. The third kappa shape index (κ3) is 2.45. The van der Waals surface area contributed by atoms with Crippen molar-refractivity contribution in [1.29, 1.82) is 0 Å². The molecule has 0 atom stereocenters. The average Bonchev–Trinajstić information content (AvgIpc) is 2.49. The molecule has 0 fully saturated rings. The highest BCUT2D eigenvalue weighted by molar-refractivity contribution is 5.64. The Bertz CT molecular complexity index is 659. The summed E-state index contributed by atoms with van der Waals surface area (Å²) >= 11 is 0. The van der Waals surface area contributed by atoms with Crippen molar-refractivity contribution >= 4 is 5.69 Å². The van der Waals surface area contributed by atoms with Gasteiger partial charge in [0.05, 0.1) is 0 Å². The molecule has 3 nitrogen and oxygen atoms in total. The minimum absolute atomic E-state index is 0.708. The molecule has 0 bridgehead atoms. The molecule has 0 saturated carbocycles. The van der Waals surface area contributed by atoms with Crippen molar-refractivity contribution in [3.8, 4) is 22.5 Å². The number of nitrogen functional groups attached to an aromatic ring is 1. The molecule has 2 N–H and O–H groups in total. The number of benzene rings is 2. The Morgan fingerprint density at radius 3 is 1.89 bits per heavy atom. The number of hydrogen-bond acceptors (Lipinski definition) is 3. The van der Waals surface area contributed by atoms with Gasteiger partial charge in [0.25, 0.3) is 0 Å². The molecule has 0 saturated heterocycles. The zero-order valence-corrected chi connectivity index (χ0v) is 10.3. The summed E-state index contributed by atoms with van der Waals surface area (Å²) in [7, 11) is 0. The Labute approximate surface area is 111 Å². The van der Waals surface area contributed by atoms with Gasteiger partial charge in [-0.1, -0.05) is 30.3 Å². The van der Waals surface area contributed by atoms with Gasteiger partial charge in [-0.2, -0.15) is 0 Å². The Morgan fingerprint density at radius 1 is 0.632 bits per heavy atom. The molecule has 92 valence electrons. The van der Waals surface area contributed by atoms with Crippen LogP contribution in [0.3, 0.4) is 0 Å². The first-order chi connectivity index (χ1) is 9.33. The highest BCUT2D eigenvalue weighted by Crippen LogP contribution is 2.20. The van der Waals surface area contributed by atoms with E-state index in [4.69, 9.17) is 5.73 Å². The van der Waals surface area contributed by atoms with E-state index in [1.165, 1.54) is 0 Å². The Balaban J connectivity index is 1.93. The van der Waals surface area contributed by atoms with Crippen LogP contribution in [0.15, 0.2) is 67.0 Å². The maximum Gasteiger partial charge on any atom is 0.159 e. The van der Waals surface area contributed by atoms with E-state index in [0.29, 0.717) is 5.82 Å². The van der Waals surface area contributed by atoms with Crippen LogP contribution < -0.4 is 5.73 Å². The number of rotatable bonds is 2. The van der Waals surface area contributed by atoms with Crippen LogP contribution >= 0.6 is 0 Å². The summed E-state index contributed by atoms with van der Waals surface area (Å²) in [6, 6.07) is 17.6. The van der Waals surface area contributed by atoms with E-state index in [1.807, 2.05) is 67.0 Å². The molecule has 3 rings (SSSR count). The number of nitrogens with two attached hydrogens (primary N) is 1. The Kier molecular flexibility index (Phi) is 2.94. The van der Waals surface area contributed by atoms with Crippen molar-refractivity contribution in [2.75, 3.05) is 5.73 Å². The fourth-order valence-corrected chi connectivity index (χ4v) is 1.89. The van der Waals surface area contributed by atoms with Crippen molar-refractivity contribution in [3.05, 3.63) is 67.0 Å². The first-order valence-corrected chi connectivity index (χ1v) is 6.06. The topological polar surface area (TPSA) is 51.8 Å². The van der Waals surface area contributed by atoms with Crippen LogP contribution in [0.2, 0.25) is 0 Å². The van der Waals surface area contributed by atoms with E-state index in [9.17, 15) is 0 Å². The zero-order valence-electron chi connectivity index (χ0n) is 10.3. The van der Waals surface area contributed by atoms with E-state index in [2.05, 4.69) is 9.97 Å². The van der Waals surface area contributed by atoms with Gasteiger partial charge in [-0.3, -0.25) is 0 Å². The summed E-state index contributed by atoms with van der Waals surface area (Å²) in [5.74, 6) is 0.708. The molecule has 0 spiro atoms. The van der Waals surface area contributed by atoms with Crippen LogP contribution in [0, 0.1) is 0 Å². The van der Waals surface area contributed by atoms with Crippen molar-refractivity contribution in [2.24, 2.45) is 0 Å². The zero-order chi connectivity index (χ0) is 13.1. The molecule has 0 aliphatic carbocycles. The third-order valence-corrected chi connectivity index (χ3v) is 2.93. The van der Waals surface area contributed by atoms with E-state index in [-0.39, 0.29) is 0 Å². The summed E-state index contributed by atoms with van der Waals surface area (Å²) < 4.78 is 0. The lowest BCUT2D eigenvalue weighted by molar-refractivity contribution is 1.18. The van der Waals surface area contributed by atoms with Gasteiger partial charge in [0, 0.05) is 29.2 Å². The molecule has 3 aromatic rings. The molecular weight excluding hydrogens is 234 g/mol. The number of anilines is 1.